The molecule has 1 aromatic heterocycles. The predicted octanol–water partition coefficient (Wildman–Crippen LogP) is 1.55. The van der Waals surface area contributed by atoms with E-state index in [4.69, 9.17) is 10.5 Å². The molecule has 1 aliphatic heterocycles. The van der Waals surface area contributed by atoms with E-state index in [0.29, 0.717) is 6.54 Å². The number of halogens is 3. The van der Waals surface area contributed by atoms with E-state index < -0.39 is 17.8 Å². The number of rotatable bonds is 4. The third-order valence-electron chi connectivity index (χ3n) is 2.87. The van der Waals surface area contributed by atoms with Crippen LogP contribution in [0.2, 0.25) is 0 Å². The quantitative estimate of drug-likeness (QED) is 0.904. The Kier molecular flexibility index (Phi) is 4.08. The number of aromatic nitrogens is 2. The number of likely N-dealkylation sites (tertiary alicyclic amines) is 1. The Balaban J connectivity index is 1.94. The summed E-state index contributed by atoms with van der Waals surface area (Å²) in [4.78, 5) is 8.97. The third kappa shape index (κ3) is 3.95. The standard InChI is InChI=1S/C11H15F3N4O/c12-11(13,14)8-7-9(17-10(15)16-8)19-6-5-18-3-1-2-4-18/h7H,1-6H2,(H2,15,16,17). The van der Waals surface area contributed by atoms with Crippen molar-refractivity contribution in [2.75, 3.05) is 32.0 Å². The molecule has 19 heavy (non-hydrogen) atoms. The zero-order chi connectivity index (χ0) is 13.9. The van der Waals surface area contributed by atoms with Gasteiger partial charge in [0, 0.05) is 12.6 Å². The molecule has 0 amide bonds. The number of anilines is 1. The molecule has 0 spiro atoms. The summed E-state index contributed by atoms with van der Waals surface area (Å²) in [5.41, 5.74) is 4.15. The lowest BCUT2D eigenvalue weighted by atomic mass is 10.4. The van der Waals surface area contributed by atoms with Gasteiger partial charge in [0.05, 0.1) is 0 Å². The van der Waals surface area contributed by atoms with Crippen molar-refractivity contribution in [3.63, 3.8) is 0 Å². The highest BCUT2D eigenvalue weighted by atomic mass is 19.4. The molecule has 0 aliphatic carbocycles. The SMILES string of the molecule is Nc1nc(OCCN2CCCC2)cc(C(F)(F)F)n1. The van der Waals surface area contributed by atoms with Crippen molar-refractivity contribution in [2.45, 2.75) is 19.0 Å². The molecular weight excluding hydrogens is 261 g/mol. The van der Waals surface area contributed by atoms with Crippen molar-refractivity contribution in [2.24, 2.45) is 0 Å². The minimum Gasteiger partial charge on any atom is -0.476 e. The summed E-state index contributed by atoms with van der Waals surface area (Å²) in [6, 6.07) is 0.764. The van der Waals surface area contributed by atoms with E-state index in [1.165, 1.54) is 0 Å². The highest BCUT2D eigenvalue weighted by molar-refractivity contribution is 5.27. The van der Waals surface area contributed by atoms with Crippen molar-refractivity contribution in [1.82, 2.24) is 14.9 Å². The van der Waals surface area contributed by atoms with Gasteiger partial charge < -0.3 is 10.5 Å². The minimum absolute atomic E-state index is 0.140. The molecule has 0 radical (unpaired) electrons. The Morgan fingerprint density at radius 1 is 1.26 bits per heavy atom. The molecule has 2 N–H and O–H groups in total. The molecule has 0 saturated carbocycles. The molecular formula is C11H15F3N4O. The molecule has 0 bridgehead atoms. The van der Waals surface area contributed by atoms with Gasteiger partial charge in [-0.15, -0.1) is 0 Å². The number of nitrogen functional groups attached to an aromatic ring is 1. The summed E-state index contributed by atoms with van der Waals surface area (Å²) < 4.78 is 42.7. The van der Waals surface area contributed by atoms with E-state index in [1.807, 2.05) is 0 Å². The molecule has 106 valence electrons. The lowest BCUT2D eigenvalue weighted by Gasteiger charge is -2.15. The monoisotopic (exact) mass is 276 g/mol. The molecule has 0 aromatic carbocycles. The maximum absolute atomic E-state index is 12.5. The van der Waals surface area contributed by atoms with Gasteiger partial charge in [0.25, 0.3) is 0 Å². The Bertz CT molecular complexity index is 432. The normalized spacial score (nSPS) is 16.8. The van der Waals surface area contributed by atoms with Gasteiger partial charge in [-0.2, -0.15) is 18.2 Å². The van der Waals surface area contributed by atoms with Gasteiger partial charge in [-0.3, -0.25) is 4.90 Å². The van der Waals surface area contributed by atoms with E-state index in [0.717, 1.165) is 32.0 Å². The summed E-state index contributed by atoms with van der Waals surface area (Å²) in [5.74, 6) is -0.579. The van der Waals surface area contributed by atoms with Crippen LogP contribution in [0.1, 0.15) is 18.5 Å². The van der Waals surface area contributed by atoms with Crippen LogP contribution in [0.4, 0.5) is 19.1 Å². The first-order valence-electron chi connectivity index (χ1n) is 6.02. The topological polar surface area (TPSA) is 64.3 Å². The number of nitrogens with zero attached hydrogens (tertiary/aromatic N) is 3. The first-order valence-corrected chi connectivity index (χ1v) is 6.02. The van der Waals surface area contributed by atoms with E-state index in [9.17, 15) is 13.2 Å². The number of alkyl halides is 3. The Hall–Kier alpha value is -1.57. The summed E-state index contributed by atoms with van der Waals surface area (Å²) in [6.07, 6.45) is -2.25. The number of nitrogens with two attached hydrogens (primary N) is 1. The average molecular weight is 276 g/mol. The van der Waals surface area contributed by atoms with Crippen LogP contribution >= 0.6 is 0 Å². The fraction of sp³-hybridized carbons (Fsp3) is 0.636. The molecule has 2 heterocycles. The van der Waals surface area contributed by atoms with E-state index in [2.05, 4.69) is 14.9 Å². The van der Waals surface area contributed by atoms with Crippen LogP contribution in [-0.4, -0.2) is 41.1 Å². The molecule has 1 fully saturated rings. The van der Waals surface area contributed by atoms with Crippen LogP contribution in [0.15, 0.2) is 6.07 Å². The first-order chi connectivity index (χ1) is 8.95. The maximum Gasteiger partial charge on any atom is 0.433 e. The number of ether oxygens (including phenoxy) is 1. The average Bonchev–Trinajstić information content (AvgIpc) is 2.80. The summed E-state index contributed by atoms with van der Waals surface area (Å²) in [5, 5.41) is 0. The molecule has 0 unspecified atom stereocenters. The maximum atomic E-state index is 12.5. The second kappa shape index (κ2) is 5.60. The van der Waals surface area contributed by atoms with Crippen molar-refractivity contribution >= 4 is 5.95 Å². The summed E-state index contributed by atoms with van der Waals surface area (Å²) in [7, 11) is 0. The fourth-order valence-electron chi connectivity index (χ4n) is 1.95. The highest BCUT2D eigenvalue weighted by Gasteiger charge is 2.33. The van der Waals surface area contributed by atoms with Crippen LogP contribution < -0.4 is 10.5 Å². The smallest absolute Gasteiger partial charge is 0.433 e. The van der Waals surface area contributed by atoms with Crippen LogP contribution in [-0.2, 0) is 6.18 Å². The largest absolute Gasteiger partial charge is 0.476 e. The molecule has 0 atom stereocenters. The Morgan fingerprint density at radius 2 is 1.95 bits per heavy atom. The van der Waals surface area contributed by atoms with Gasteiger partial charge in [0.2, 0.25) is 11.8 Å². The Morgan fingerprint density at radius 3 is 2.58 bits per heavy atom. The zero-order valence-electron chi connectivity index (χ0n) is 10.3. The molecule has 1 saturated heterocycles. The van der Waals surface area contributed by atoms with Crippen molar-refractivity contribution in [3.05, 3.63) is 11.8 Å². The molecule has 5 nitrogen and oxygen atoms in total. The molecule has 1 aliphatic rings. The van der Waals surface area contributed by atoms with E-state index in [-0.39, 0.29) is 12.5 Å². The second-order valence-corrected chi connectivity index (χ2v) is 4.34. The Labute approximate surface area is 108 Å². The molecule has 2 rings (SSSR count). The number of hydrogen-bond donors (Lipinski definition) is 1. The third-order valence-corrected chi connectivity index (χ3v) is 2.87. The van der Waals surface area contributed by atoms with Crippen molar-refractivity contribution in [1.29, 1.82) is 0 Å². The van der Waals surface area contributed by atoms with Gasteiger partial charge in [-0.05, 0) is 25.9 Å². The van der Waals surface area contributed by atoms with Gasteiger partial charge in [-0.1, -0.05) is 0 Å². The minimum atomic E-state index is -4.55. The van der Waals surface area contributed by atoms with Crippen LogP contribution in [0.25, 0.3) is 0 Å². The van der Waals surface area contributed by atoms with E-state index in [1.54, 1.807) is 0 Å². The summed E-state index contributed by atoms with van der Waals surface area (Å²) in [6.45, 7) is 2.96. The fourth-order valence-corrected chi connectivity index (χ4v) is 1.95. The molecule has 8 heteroatoms. The predicted molar refractivity (Wildman–Crippen MR) is 62.6 cm³/mol. The number of hydrogen-bond acceptors (Lipinski definition) is 5. The van der Waals surface area contributed by atoms with Gasteiger partial charge in [-0.25, -0.2) is 4.98 Å². The van der Waals surface area contributed by atoms with Crippen LogP contribution in [0.3, 0.4) is 0 Å². The lowest BCUT2D eigenvalue weighted by Crippen LogP contribution is -2.25. The van der Waals surface area contributed by atoms with Gasteiger partial charge in [0.15, 0.2) is 5.69 Å². The first kappa shape index (κ1) is 13.9. The highest BCUT2D eigenvalue weighted by Crippen LogP contribution is 2.29. The van der Waals surface area contributed by atoms with Crippen molar-refractivity contribution in [3.8, 4) is 5.88 Å². The van der Waals surface area contributed by atoms with Crippen molar-refractivity contribution < 1.29 is 17.9 Å². The van der Waals surface area contributed by atoms with E-state index >= 15 is 0 Å². The summed E-state index contributed by atoms with van der Waals surface area (Å²) >= 11 is 0. The van der Waals surface area contributed by atoms with Gasteiger partial charge >= 0.3 is 6.18 Å². The molecule has 1 aromatic rings. The van der Waals surface area contributed by atoms with Crippen LogP contribution in [0, 0.1) is 0 Å². The zero-order valence-corrected chi connectivity index (χ0v) is 10.3. The lowest BCUT2D eigenvalue weighted by molar-refractivity contribution is -0.141. The second-order valence-electron chi connectivity index (χ2n) is 4.34. The van der Waals surface area contributed by atoms with Gasteiger partial charge in [0.1, 0.15) is 6.61 Å². The van der Waals surface area contributed by atoms with Crippen LogP contribution in [0.5, 0.6) is 5.88 Å².